The molecule has 0 aliphatic carbocycles. The van der Waals surface area contributed by atoms with Crippen molar-refractivity contribution in [2.24, 2.45) is 0 Å². The molecule has 3 rings (SSSR count). The fourth-order valence-electron chi connectivity index (χ4n) is 2.93. The first kappa shape index (κ1) is 20.7. The van der Waals surface area contributed by atoms with E-state index in [0.29, 0.717) is 11.1 Å². The Kier molecular flexibility index (Phi) is 6.91. The maximum Gasteiger partial charge on any atom is 0.186 e. The number of carbonyl (C=O) groups excluding carboxylic acids is 2. The largest absolute Gasteiger partial charge is 0.508 e. The van der Waals surface area contributed by atoms with Gasteiger partial charge in [0.05, 0.1) is 0 Å². The van der Waals surface area contributed by atoms with Gasteiger partial charge < -0.3 is 5.11 Å². The molecule has 3 nitrogen and oxygen atoms in total. The van der Waals surface area contributed by atoms with E-state index in [0.717, 1.165) is 16.7 Å². The SMILES string of the molecule is CC(=O)C(=Cc1ccc(O)cc1)C(=Cc1ccccc1)C(=O)C=Cc1ccccc1. The molecule has 3 heteroatoms. The molecule has 0 amide bonds. The van der Waals surface area contributed by atoms with Gasteiger partial charge in [0.1, 0.15) is 5.75 Å². The molecule has 0 radical (unpaired) electrons. The Balaban J connectivity index is 2.06. The van der Waals surface area contributed by atoms with Gasteiger partial charge in [0, 0.05) is 11.1 Å². The van der Waals surface area contributed by atoms with Crippen LogP contribution >= 0.6 is 0 Å². The molecule has 0 fully saturated rings. The van der Waals surface area contributed by atoms with Gasteiger partial charge in [-0.15, -0.1) is 0 Å². The van der Waals surface area contributed by atoms with Crippen LogP contribution in [0.2, 0.25) is 0 Å². The first-order chi connectivity index (χ1) is 14.5. The van der Waals surface area contributed by atoms with Crippen molar-refractivity contribution in [2.75, 3.05) is 0 Å². The van der Waals surface area contributed by atoms with Gasteiger partial charge >= 0.3 is 0 Å². The summed E-state index contributed by atoms with van der Waals surface area (Å²) in [6.07, 6.45) is 6.62. The number of carbonyl (C=O) groups is 2. The van der Waals surface area contributed by atoms with Gasteiger partial charge in [-0.05, 0) is 54.0 Å². The molecule has 0 aromatic heterocycles. The topological polar surface area (TPSA) is 54.4 Å². The third-order valence-electron chi connectivity index (χ3n) is 4.48. The number of phenolic OH excluding ortho intramolecular Hbond substituents is 1. The molecule has 0 spiro atoms. The van der Waals surface area contributed by atoms with Crippen LogP contribution in [-0.4, -0.2) is 16.7 Å². The molecule has 0 unspecified atom stereocenters. The molecule has 0 saturated carbocycles. The smallest absolute Gasteiger partial charge is 0.186 e. The lowest BCUT2D eigenvalue weighted by Crippen LogP contribution is -2.08. The highest BCUT2D eigenvalue weighted by Crippen LogP contribution is 2.22. The average Bonchev–Trinajstić information content (AvgIpc) is 2.77. The second-order valence-corrected chi connectivity index (χ2v) is 6.78. The Morgan fingerprint density at radius 3 is 1.73 bits per heavy atom. The van der Waals surface area contributed by atoms with E-state index < -0.39 is 0 Å². The monoisotopic (exact) mass is 394 g/mol. The summed E-state index contributed by atoms with van der Waals surface area (Å²) in [5, 5.41) is 9.51. The van der Waals surface area contributed by atoms with E-state index in [4.69, 9.17) is 0 Å². The first-order valence-electron chi connectivity index (χ1n) is 9.59. The zero-order valence-electron chi connectivity index (χ0n) is 16.7. The van der Waals surface area contributed by atoms with E-state index in [1.165, 1.54) is 13.0 Å². The predicted octanol–water partition coefficient (Wildman–Crippen LogP) is 5.73. The van der Waals surface area contributed by atoms with Crippen LogP contribution in [-0.2, 0) is 9.59 Å². The number of hydrogen-bond donors (Lipinski definition) is 1. The summed E-state index contributed by atoms with van der Waals surface area (Å²) in [5.74, 6) is -0.340. The highest BCUT2D eigenvalue weighted by Gasteiger charge is 2.17. The minimum Gasteiger partial charge on any atom is -0.508 e. The van der Waals surface area contributed by atoms with Crippen LogP contribution in [0.3, 0.4) is 0 Å². The van der Waals surface area contributed by atoms with Crippen molar-refractivity contribution in [1.29, 1.82) is 0 Å². The number of ketones is 2. The number of phenols is 1. The minimum absolute atomic E-state index is 0.137. The number of hydrogen-bond acceptors (Lipinski definition) is 3. The number of aromatic hydroxyl groups is 1. The summed E-state index contributed by atoms with van der Waals surface area (Å²) in [6, 6.07) is 25.4. The summed E-state index contributed by atoms with van der Waals surface area (Å²) in [5.41, 5.74) is 3.07. The fourth-order valence-corrected chi connectivity index (χ4v) is 2.93. The summed E-state index contributed by atoms with van der Waals surface area (Å²) in [6.45, 7) is 1.44. The van der Waals surface area contributed by atoms with Crippen LogP contribution in [0.1, 0.15) is 23.6 Å². The van der Waals surface area contributed by atoms with E-state index in [9.17, 15) is 14.7 Å². The lowest BCUT2D eigenvalue weighted by Gasteiger charge is -2.08. The molecular weight excluding hydrogens is 372 g/mol. The van der Waals surface area contributed by atoms with E-state index in [-0.39, 0.29) is 17.3 Å². The summed E-state index contributed by atoms with van der Waals surface area (Å²) in [7, 11) is 0. The van der Waals surface area contributed by atoms with Crippen molar-refractivity contribution in [1.82, 2.24) is 0 Å². The van der Waals surface area contributed by atoms with Crippen LogP contribution in [0.25, 0.3) is 18.2 Å². The van der Waals surface area contributed by atoms with Crippen LogP contribution in [0.4, 0.5) is 0 Å². The number of Topliss-reactive ketones (excluding diaryl/α,β-unsaturated/α-hetero) is 1. The molecule has 3 aromatic rings. The summed E-state index contributed by atoms with van der Waals surface area (Å²) in [4.78, 5) is 25.6. The molecule has 0 atom stereocenters. The molecule has 0 aliphatic rings. The summed E-state index contributed by atoms with van der Waals surface area (Å²) >= 11 is 0. The van der Waals surface area contributed by atoms with Crippen LogP contribution in [0, 0.1) is 0 Å². The van der Waals surface area contributed by atoms with Gasteiger partial charge in [-0.25, -0.2) is 0 Å². The molecule has 0 bridgehead atoms. The third-order valence-corrected chi connectivity index (χ3v) is 4.48. The maximum atomic E-state index is 13.1. The molecule has 30 heavy (non-hydrogen) atoms. The molecule has 148 valence electrons. The molecule has 1 N–H and O–H groups in total. The van der Waals surface area contributed by atoms with Crippen LogP contribution in [0.15, 0.2) is 102 Å². The molecule has 3 aromatic carbocycles. The van der Waals surface area contributed by atoms with E-state index >= 15 is 0 Å². The van der Waals surface area contributed by atoms with Crippen LogP contribution < -0.4 is 0 Å². The lowest BCUT2D eigenvalue weighted by atomic mass is 9.93. The van der Waals surface area contributed by atoms with Crippen molar-refractivity contribution >= 4 is 29.8 Å². The predicted molar refractivity (Wildman–Crippen MR) is 122 cm³/mol. The Morgan fingerprint density at radius 1 is 0.667 bits per heavy atom. The van der Waals surface area contributed by atoms with E-state index in [1.54, 1.807) is 42.5 Å². The van der Waals surface area contributed by atoms with Gasteiger partial charge in [0.25, 0.3) is 0 Å². The van der Waals surface area contributed by atoms with Gasteiger partial charge in [-0.3, -0.25) is 9.59 Å². The number of allylic oxidation sites excluding steroid dienone is 3. The standard InChI is InChI=1S/C27H22O3/c1-20(28)25(18-23-12-15-24(29)16-13-23)26(19-22-10-6-3-7-11-22)27(30)17-14-21-8-4-2-5-9-21/h2-19,29H,1H3. The average molecular weight is 394 g/mol. The second-order valence-electron chi connectivity index (χ2n) is 6.78. The summed E-state index contributed by atoms with van der Waals surface area (Å²) < 4.78 is 0. The quantitative estimate of drug-likeness (QED) is 0.411. The van der Waals surface area contributed by atoms with Crippen molar-refractivity contribution in [3.63, 3.8) is 0 Å². The zero-order valence-corrected chi connectivity index (χ0v) is 16.7. The molecule has 0 saturated heterocycles. The normalized spacial score (nSPS) is 12.2. The van der Waals surface area contributed by atoms with Crippen molar-refractivity contribution in [3.8, 4) is 5.75 Å². The fraction of sp³-hybridized carbons (Fsp3) is 0.0370. The van der Waals surface area contributed by atoms with E-state index in [1.807, 2.05) is 60.7 Å². The highest BCUT2D eigenvalue weighted by molar-refractivity contribution is 6.21. The van der Waals surface area contributed by atoms with Crippen molar-refractivity contribution in [2.45, 2.75) is 6.92 Å². The zero-order chi connectivity index (χ0) is 21.3. The Labute approximate surface area is 176 Å². The second kappa shape index (κ2) is 9.99. The number of rotatable bonds is 7. The third kappa shape index (κ3) is 5.76. The Bertz CT molecular complexity index is 1100. The van der Waals surface area contributed by atoms with Gasteiger partial charge in [-0.2, -0.15) is 0 Å². The number of benzene rings is 3. The highest BCUT2D eigenvalue weighted by atomic mass is 16.3. The molecule has 0 aliphatic heterocycles. The van der Waals surface area contributed by atoms with Gasteiger partial charge in [0.2, 0.25) is 0 Å². The lowest BCUT2D eigenvalue weighted by molar-refractivity contribution is -0.115. The van der Waals surface area contributed by atoms with Crippen molar-refractivity contribution in [3.05, 3.63) is 119 Å². The molecule has 0 heterocycles. The van der Waals surface area contributed by atoms with E-state index in [2.05, 4.69) is 0 Å². The molecular formula is C27H22O3. The van der Waals surface area contributed by atoms with Gasteiger partial charge in [0.15, 0.2) is 11.6 Å². The van der Waals surface area contributed by atoms with Crippen LogP contribution in [0.5, 0.6) is 5.75 Å². The van der Waals surface area contributed by atoms with Crippen molar-refractivity contribution < 1.29 is 14.7 Å². The first-order valence-corrected chi connectivity index (χ1v) is 9.59. The minimum atomic E-state index is -0.261. The van der Waals surface area contributed by atoms with Gasteiger partial charge in [-0.1, -0.05) is 78.9 Å². The Hall–Kier alpha value is -3.98. The maximum absolute atomic E-state index is 13.1. The Morgan fingerprint density at radius 2 is 1.17 bits per heavy atom.